The molecule has 0 amide bonds. The van der Waals surface area contributed by atoms with Gasteiger partial charge in [0.25, 0.3) is 0 Å². The van der Waals surface area contributed by atoms with Crippen molar-refractivity contribution in [2.75, 3.05) is 7.11 Å². The smallest absolute Gasteiger partial charge is 0.309 e. The molecule has 90 valence electrons. The molecule has 4 rings (SSSR count). The number of aliphatic carboxylic acids is 1. The molecular weight excluding hydrogens is 223 g/mol. The summed E-state index contributed by atoms with van der Waals surface area (Å²) in [5.74, 6) is -0.846. The van der Waals surface area contributed by atoms with Gasteiger partial charge in [-0.3, -0.25) is 4.79 Å². The van der Waals surface area contributed by atoms with Gasteiger partial charge in [0.05, 0.1) is 12.5 Å². The van der Waals surface area contributed by atoms with Crippen LogP contribution in [0.15, 0.2) is 18.2 Å². The average molecular weight is 236 g/mol. The Morgan fingerprint density at radius 3 is 2.59 bits per heavy atom. The lowest BCUT2D eigenvalue weighted by Gasteiger charge is -2.68. The fraction of sp³-hybridized carbons (Fsp3) is 0.462. The molecule has 1 N–H and O–H groups in total. The van der Waals surface area contributed by atoms with Crippen LogP contribution >= 0.6 is 0 Å². The van der Waals surface area contributed by atoms with Gasteiger partial charge in [0.1, 0.15) is 0 Å². The Morgan fingerprint density at radius 2 is 2.06 bits per heavy atom. The summed E-state index contributed by atoms with van der Waals surface area (Å²) in [4.78, 5) is 11.0. The number of carboxylic acid groups (broad SMARTS) is 1. The van der Waals surface area contributed by atoms with Crippen LogP contribution in [0.3, 0.4) is 0 Å². The highest BCUT2D eigenvalue weighted by Gasteiger charge is 2.72. The van der Waals surface area contributed by atoms with Crippen LogP contribution in [0.2, 0.25) is 0 Å². The van der Waals surface area contributed by atoms with Crippen molar-refractivity contribution in [3.8, 4) is 5.75 Å². The normalized spacial score (nSPS) is 33.5. The van der Waals surface area contributed by atoms with Crippen molar-refractivity contribution >= 4 is 5.97 Å². The molecule has 0 spiro atoms. The number of hydrogen-bond acceptors (Lipinski definition) is 2. The number of ether oxygens (including phenoxy) is 1. The molecule has 17 heavy (non-hydrogen) atoms. The van der Waals surface area contributed by atoms with Gasteiger partial charge in [0.2, 0.25) is 0 Å². The zero-order valence-corrected chi connectivity index (χ0v) is 9.50. The number of hydrogen-bond donors (Lipinski definition) is 1. The minimum Gasteiger partial charge on any atom is -0.494 e. The summed E-state index contributed by atoms with van der Waals surface area (Å²) < 4.78 is 18.2. The molecule has 3 nitrogen and oxygen atoms in total. The summed E-state index contributed by atoms with van der Waals surface area (Å²) in [6.07, 6.45) is 2.01. The van der Waals surface area contributed by atoms with Crippen molar-refractivity contribution in [2.45, 2.75) is 24.7 Å². The maximum Gasteiger partial charge on any atom is 0.309 e. The zero-order valence-electron chi connectivity index (χ0n) is 9.50. The predicted molar refractivity (Wildman–Crippen MR) is 58.5 cm³/mol. The van der Waals surface area contributed by atoms with Crippen LogP contribution in [0.5, 0.6) is 5.75 Å². The van der Waals surface area contributed by atoms with Crippen molar-refractivity contribution in [2.24, 2.45) is 5.41 Å². The SMILES string of the molecule is COc1cc(C23CC(C(=O)O)(C2)C3)ccc1F. The van der Waals surface area contributed by atoms with Crippen molar-refractivity contribution < 1.29 is 19.0 Å². The second-order valence-corrected chi connectivity index (χ2v) is 5.25. The van der Waals surface area contributed by atoms with E-state index < -0.39 is 11.4 Å². The van der Waals surface area contributed by atoms with Gasteiger partial charge >= 0.3 is 5.97 Å². The van der Waals surface area contributed by atoms with Gasteiger partial charge in [-0.25, -0.2) is 4.39 Å². The van der Waals surface area contributed by atoms with Crippen LogP contribution in [0, 0.1) is 11.2 Å². The largest absolute Gasteiger partial charge is 0.494 e. The minimum atomic E-state index is -0.701. The molecule has 0 saturated heterocycles. The molecule has 1 aromatic carbocycles. The Bertz CT molecular complexity index is 490. The molecule has 0 aromatic heterocycles. The lowest BCUT2D eigenvalue weighted by atomic mass is 9.33. The molecule has 2 bridgehead atoms. The molecule has 3 aliphatic carbocycles. The summed E-state index contributed by atoms with van der Waals surface area (Å²) in [5, 5.41) is 9.05. The van der Waals surface area contributed by atoms with Gasteiger partial charge in [-0.2, -0.15) is 0 Å². The molecule has 0 atom stereocenters. The number of rotatable bonds is 3. The molecule has 0 aliphatic heterocycles. The first-order chi connectivity index (χ1) is 8.01. The van der Waals surface area contributed by atoms with E-state index in [-0.39, 0.29) is 17.0 Å². The Morgan fingerprint density at radius 1 is 1.41 bits per heavy atom. The fourth-order valence-electron chi connectivity index (χ4n) is 3.31. The second kappa shape index (κ2) is 3.00. The van der Waals surface area contributed by atoms with E-state index in [1.54, 1.807) is 12.1 Å². The van der Waals surface area contributed by atoms with Crippen LogP contribution in [0.25, 0.3) is 0 Å². The van der Waals surface area contributed by atoms with Crippen LogP contribution in [0.1, 0.15) is 24.8 Å². The Hall–Kier alpha value is -1.58. The van der Waals surface area contributed by atoms with E-state index in [4.69, 9.17) is 9.84 Å². The van der Waals surface area contributed by atoms with Gasteiger partial charge in [-0.05, 0) is 42.4 Å². The first kappa shape index (κ1) is 10.6. The molecule has 3 saturated carbocycles. The number of methoxy groups -OCH3 is 1. The quantitative estimate of drug-likeness (QED) is 0.876. The van der Waals surface area contributed by atoms with Crippen molar-refractivity contribution in [1.29, 1.82) is 0 Å². The highest BCUT2D eigenvalue weighted by atomic mass is 19.1. The van der Waals surface area contributed by atoms with E-state index in [0.717, 1.165) is 5.56 Å². The van der Waals surface area contributed by atoms with Crippen molar-refractivity contribution in [1.82, 2.24) is 0 Å². The Labute approximate surface area is 98.2 Å². The summed E-state index contributed by atoms with van der Waals surface area (Å²) in [7, 11) is 1.43. The third kappa shape index (κ3) is 1.18. The van der Waals surface area contributed by atoms with Gasteiger partial charge < -0.3 is 9.84 Å². The highest BCUT2D eigenvalue weighted by molar-refractivity contribution is 5.81. The van der Waals surface area contributed by atoms with Crippen molar-refractivity contribution in [3.63, 3.8) is 0 Å². The van der Waals surface area contributed by atoms with Gasteiger partial charge in [-0.1, -0.05) is 6.07 Å². The van der Waals surface area contributed by atoms with Gasteiger partial charge in [0.15, 0.2) is 11.6 Å². The number of carbonyl (C=O) groups is 1. The molecule has 4 heteroatoms. The maximum atomic E-state index is 13.3. The van der Waals surface area contributed by atoms with E-state index in [0.29, 0.717) is 19.3 Å². The molecular formula is C13H13FO3. The third-order valence-electron chi connectivity index (χ3n) is 4.25. The average Bonchev–Trinajstić information content (AvgIpc) is 2.15. The van der Waals surface area contributed by atoms with E-state index in [9.17, 15) is 9.18 Å². The van der Waals surface area contributed by atoms with Gasteiger partial charge in [0, 0.05) is 0 Å². The molecule has 3 aliphatic rings. The lowest BCUT2D eigenvalue weighted by Crippen LogP contribution is -2.67. The third-order valence-corrected chi connectivity index (χ3v) is 4.25. The monoisotopic (exact) mass is 236 g/mol. The fourth-order valence-corrected chi connectivity index (χ4v) is 3.31. The second-order valence-electron chi connectivity index (χ2n) is 5.25. The lowest BCUT2D eigenvalue weighted by molar-refractivity contribution is -0.194. The zero-order chi connectivity index (χ0) is 12.3. The van der Waals surface area contributed by atoms with E-state index in [2.05, 4.69) is 0 Å². The summed E-state index contributed by atoms with van der Waals surface area (Å²) in [5.41, 5.74) is 0.458. The number of halogens is 1. The maximum absolute atomic E-state index is 13.3. The number of benzene rings is 1. The topological polar surface area (TPSA) is 46.5 Å². The van der Waals surface area contributed by atoms with Crippen LogP contribution < -0.4 is 4.74 Å². The van der Waals surface area contributed by atoms with E-state index >= 15 is 0 Å². The molecule has 0 radical (unpaired) electrons. The first-order valence-corrected chi connectivity index (χ1v) is 5.59. The van der Waals surface area contributed by atoms with Crippen LogP contribution in [-0.2, 0) is 10.2 Å². The van der Waals surface area contributed by atoms with E-state index in [1.165, 1.54) is 13.2 Å². The van der Waals surface area contributed by atoms with Crippen LogP contribution in [0.4, 0.5) is 4.39 Å². The van der Waals surface area contributed by atoms with Crippen molar-refractivity contribution in [3.05, 3.63) is 29.6 Å². The molecule has 3 fully saturated rings. The first-order valence-electron chi connectivity index (χ1n) is 5.59. The standard InChI is InChI=1S/C13H13FO3/c1-17-10-4-8(2-3-9(10)14)12-5-13(6-12,7-12)11(15)16/h2-4H,5-7H2,1H3,(H,15,16). The Balaban J connectivity index is 1.87. The predicted octanol–water partition coefficient (Wildman–Crippen LogP) is 2.34. The molecule has 0 unspecified atom stereocenters. The summed E-state index contributed by atoms with van der Waals surface area (Å²) in [6, 6.07) is 4.82. The molecule has 1 aromatic rings. The van der Waals surface area contributed by atoms with Gasteiger partial charge in [-0.15, -0.1) is 0 Å². The highest BCUT2D eigenvalue weighted by Crippen LogP contribution is 2.73. The summed E-state index contributed by atoms with van der Waals surface area (Å²) in [6.45, 7) is 0. The number of carboxylic acids is 1. The van der Waals surface area contributed by atoms with Crippen LogP contribution in [-0.4, -0.2) is 18.2 Å². The molecule has 0 heterocycles. The minimum absolute atomic E-state index is 0.0423. The summed E-state index contributed by atoms with van der Waals surface area (Å²) >= 11 is 0. The Kier molecular flexibility index (Phi) is 1.86. The van der Waals surface area contributed by atoms with E-state index in [1.807, 2.05) is 0 Å².